The van der Waals surface area contributed by atoms with E-state index in [0.29, 0.717) is 0 Å². The van der Waals surface area contributed by atoms with Gasteiger partial charge in [0.25, 0.3) is 0 Å². The molecule has 0 heterocycles. The fourth-order valence-corrected chi connectivity index (χ4v) is 1.87. The van der Waals surface area contributed by atoms with Crippen LogP contribution < -0.4 is 11.5 Å². The van der Waals surface area contributed by atoms with Gasteiger partial charge in [-0.3, -0.25) is 0 Å². The molecular weight excluding hydrogens is 301 g/mol. The summed E-state index contributed by atoms with van der Waals surface area (Å²) in [6, 6.07) is 1.07. The maximum atomic E-state index is 12.7. The molecule has 96 valence electrons. The van der Waals surface area contributed by atoms with E-state index in [9.17, 15) is 18.3 Å². The van der Waals surface area contributed by atoms with Gasteiger partial charge in [-0.05, 0) is 41.0 Å². The van der Waals surface area contributed by atoms with E-state index in [1.165, 1.54) is 0 Å². The lowest BCUT2D eigenvalue weighted by Crippen LogP contribution is -2.20. The number of halogens is 4. The fraction of sp³-hybridized carbons (Fsp3) is 0.400. The van der Waals surface area contributed by atoms with E-state index in [-0.39, 0.29) is 23.0 Å². The van der Waals surface area contributed by atoms with Gasteiger partial charge in [0.05, 0.1) is 10.0 Å². The van der Waals surface area contributed by atoms with Crippen LogP contribution >= 0.6 is 15.9 Å². The number of phenols is 1. The Labute approximate surface area is 105 Å². The molecule has 0 aliphatic rings. The predicted molar refractivity (Wildman–Crippen MR) is 61.4 cm³/mol. The van der Waals surface area contributed by atoms with Crippen molar-refractivity contribution in [2.45, 2.75) is 18.6 Å². The molecule has 0 fully saturated rings. The Kier molecular flexibility index (Phi) is 4.40. The smallest absolute Gasteiger partial charge is 0.416 e. The van der Waals surface area contributed by atoms with Crippen LogP contribution in [0.5, 0.6) is 5.75 Å². The largest absolute Gasteiger partial charge is 0.506 e. The van der Waals surface area contributed by atoms with Crippen molar-refractivity contribution in [3.8, 4) is 5.75 Å². The van der Waals surface area contributed by atoms with Gasteiger partial charge in [-0.15, -0.1) is 0 Å². The van der Waals surface area contributed by atoms with Crippen LogP contribution in [-0.2, 0) is 6.18 Å². The summed E-state index contributed by atoms with van der Waals surface area (Å²) in [6.07, 6.45) is -4.40. The normalized spacial score (nSPS) is 13.8. The molecule has 0 spiro atoms. The van der Waals surface area contributed by atoms with E-state index in [4.69, 9.17) is 11.5 Å². The van der Waals surface area contributed by atoms with Gasteiger partial charge in [-0.2, -0.15) is 13.2 Å². The molecule has 0 aromatic heterocycles. The Bertz CT molecular complexity index is 409. The minimum atomic E-state index is -4.56. The molecule has 0 saturated carbocycles. The number of benzene rings is 1. The van der Waals surface area contributed by atoms with E-state index in [1.54, 1.807) is 0 Å². The SMILES string of the molecule is NCC[C@@H](N)c1c(C(F)(F)F)ccc(Br)c1O. The molecule has 0 saturated heterocycles. The van der Waals surface area contributed by atoms with E-state index in [2.05, 4.69) is 15.9 Å². The number of alkyl halides is 3. The second-order valence-corrected chi connectivity index (χ2v) is 4.39. The minimum Gasteiger partial charge on any atom is -0.506 e. The van der Waals surface area contributed by atoms with Crippen molar-refractivity contribution in [3.05, 3.63) is 27.7 Å². The topological polar surface area (TPSA) is 72.3 Å². The average Bonchev–Trinajstić information content (AvgIpc) is 2.20. The van der Waals surface area contributed by atoms with Gasteiger partial charge in [0.1, 0.15) is 5.75 Å². The highest BCUT2D eigenvalue weighted by atomic mass is 79.9. The maximum absolute atomic E-state index is 12.7. The number of aromatic hydroxyl groups is 1. The molecule has 1 atom stereocenters. The minimum absolute atomic E-state index is 0.143. The van der Waals surface area contributed by atoms with E-state index < -0.39 is 23.5 Å². The standard InChI is InChI=1S/C10H12BrF3N2O/c11-6-2-1-5(10(12,13)14)8(9(6)17)7(16)3-4-15/h1-2,7,17H,3-4,15-16H2/t7-/m1/s1. The summed E-state index contributed by atoms with van der Waals surface area (Å²) in [7, 11) is 0. The summed E-state index contributed by atoms with van der Waals surface area (Å²) < 4.78 is 38.4. The first-order valence-corrected chi connectivity index (χ1v) is 5.62. The molecule has 0 radical (unpaired) electrons. The number of hydrogen-bond acceptors (Lipinski definition) is 3. The Hall–Kier alpha value is -0.790. The van der Waals surface area contributed by atoms with Crippen LogP contribution in [0.2, 0.25) is 0 Å². The van der Waals surface area contributed by atoms with Crippen molar-refractivity contribution >= 4 is 15.9 Å². The summed E-state index contributed by atoms with van der Waals surface area (Å²) in [5.74, 6) is -0.485. The highest BCUT2D eigenvalue weighted by Gasteiger charge is 2.36. The van der Waals surface area contributed by atoms with Crippen LogP contribution in [0.15, 0.2) is 16.6 Å². The van der Waals surface area contributed by atoms with E-state index in [1.807, 2.05) is 0 Å². The fourth-order valence-electron chi connectivity index (χ4n) is 1.53. The number of phenolic OH excluding ortho intramolecular Hbond substituents is 1. The second kappa shape index (κ2) is 5.24. The molecule has 5 N–H and O–H groups in total. The molecule has 1 aromatic rings. The van der Waals surface area contributed by atoms with Crippen LogP contribution in [0.1, 0.15) is 23.6 Å². The van der Waals surface area contributed by atoms with Crippen molar-refractivity contribution in [1.82, 2.24) is 0 Å². The van der Waals surface area contributed by atoms with Crippen LogP contribution in [0.25, 0.3) is 0 Å². The van der Waals surface area contributed by atoms with Gasteiger partial charge in [-0.1, -0.05) is 0 Å². The van der Waals surface area contributed by atoms with Gasteiger partial charge in [0.15, 0.2) is 0 Å². The van der Waals surface area contributed by atoms with Crippen LogP contribution in [0, 0.1) is 0 Å². The van der Waals surface area contributed by atoms with Crippen LogP contribution in [0.3, 0.4) is 0 Å². The molecule has 0 bridgehead atoms. The maximum Gasteiger partial charge on any atom is 0.416 e. The molecule has 0 aliphatic heterocycles. The Morgan fingerprint density at radius 1 is 1.35 bits per heavy atom. The molecular formula is C10H12BrF3N2O. The first kappa shape index (κ1) is 14.3. The first-order chi connectivity index (χ1) is 7.79. The molecule has 0 aliphatic carbocycles. The molecule has 17 heavy (non-hydrogen) atoms. The third-order valence-electron chi connectivity index (χ3n) is 2.32. The summed E-state index contributed by atoms with van der Waals surface area (Å²) in [4.78, 5) is 0. The number of hydrogen-bond donors (Lipinski definition) is 3. The van der Waals surface area contributed by atoms with Crippen LogP contribution in [0.4, 0.5) is 13.2 Å². The quantitative estimate of drug-likeness (QED) is 0.803. The van der Waals surface area contributed by atoms with Crippen molar-refractivity contribution < 1.29 is 18.3 Å². The van der Waals surface area contributed by atoms with Crippen molar-refractivity contribution in [1.29, 1.82) is 0 Å². The van der Waals surface area contributed by atoms with Crippen molar-refractivity contribution in [2.75, 3.05) is 6.54 Å². The molecule has 3 nitrogen and oxygen atoms in total. The third kappa shape index (κ3) is 3.11. The Morgan fingerprint density at radius 2 is 1.94 bits per heavy atom. The highest BCUT2D eigenvalue weighted by Crippen LogP contribution is 2.42. The van der Waals surface area contributed by atoms with Gasteiger partial charge < -0.3 is 16.6 Å². The van der Waals surface area contributed by atoms with Gasteiger partial charge in [-0.25, -0.2) is 0 Å². The molecule has 7 heteroatoms. The predicted octanol–water partition coefficient (Wildman–Crippen LogP) is 2.52. The Balaban J connectivity index is 3.36. The molecule has 0 unspecified atom stereocenters. The number of nitrogens with two attached hydrogens (primary N) is 2. The highest BCUT2D eigenvalue weighted by molar-refractivity contribution is 9.10. The lowest BCUT2D eigenvalue weighted by Gasteiger charge is -2.19. The summed E-state index contributed by atoms with van der Waals surface area (Å²) in [5, 5.41) is 9.67. The van der Waals surface area contributed by atoms with Crippen molar-refractivity contribution in [3.63, 3.8) is 0 Å². The second-order valence-electron chi connectivity index (χ2n) is 3.54. The summed E-state index contributed by atoms with van der Waals surface area (Å²) in [6.45, 7) is 0.143. The Morgan fingerprint density at radius 3 is 2.41 bits per heavy atom. The molecule has 0 amide bonds. The zero-order valence-electron chi connectivity index (χ0n) is 8.76. The molecule has 1 rings (SSSR count). The lowest BCUT2D eigenvalue weighted by molar-refractivity contribution is -0.138. The van der Waals surface area contributed by atoms with Crippen LogP contribution in [-0.4, -0.2) is 11.7 Å². The van der Waals surface area contributed by atoms with Gasteiger partial charge in [0, 0.05) is 11.6 Å². The lowest BCUT2D eigenvalue weighted by atomic mass is 9.97. The van der Waals surface area contributed by atoms with E-state index >= 15 is 0 Å². The average molecular weight is 313 g/mol. The summed E-state index contributed by atoms with van der Waals surface area (Å²) >= 11 is 2.96. The third-order valence-corrected chi connectivity index (χ3v) is 2.96. The van der Waals surface area contributed by atoms with Gasteiger partial charge >= 0.3 is 6.18 Å². The zero-order valence-corrected chi connectivity index (χ0v) is 10.3. The first-order valence-electron chi connectivity index (χ1n) is 4.83. The monoisotopic (exact) mass is 312 g/mol. The molecule has 1 aromatic carbocycles. The summed E-state index contributed by atoms with van der Waals surface area (Å²) in [5.41, 5.74) is 9.62. The zero-order chi connectivity index (χ0) is 13.2. The van der Waals surface area contributed by atoms with Crippen molar-refractivity contribution in [2.24, 2.45) is 11.5 Å². The van der Waals surface area contributed by atoms with Gasteiger partial charge in [0.2, 0.25) is 0 Å². The van der Waals surface area contributed by atoms with E-state index in [0.717, 1.165) is 12.1 Å². The number of rotatable bonds is 3.